The lowest BCUT2D eigenvalue weighted by molar-refractivity contribution is 0.189. The first kappa shape index (κ1) is 7.22. The van der Waals surface area contributed by atoms with Gasteiger partial charge in [-0.3, -0.25) is 4.52 Å². The Morgan fingerprint density at radius 1 is 1.56 bits per heavy atom. The zero-order valence-corrected chi connectivity index (χ0v) is 5.75. The Labute approximate surface area is 53.1 Å². The Kier molecular flexibility index (Phi) is 1.91. The van der Waals surface area contributed by atoms with Crippen LogP contribution in [0.25, 0.3) is 0 Å². The van der Waals surface area contributed by atoms with E-state index in [4.69, 9.17) is 9.79 Å². The van der Waals surface area contributed by atoms with Crippen molar-refractivity contribution in [3.05, 3.63) is 0 Å². The molecule has 1 fully saturated rings. The third-order valence-electron chi connectivity index (χ3n) is 1.18. The molecule has 54 valence electrons. The monoisotopic (exact) mass is 152 g/mol. The largest absolute Gasteiger partial charge is 0.469 e. The lowest BCUT2D eigenvalue weighted by Gasteiger charge is -2.01. The molecule has 0 bridgehead atoms. The smallest absolute Gasteiger partial charge is 0.303 e. The van der Waals surface area contributed by atoms with Gasteiger partial charge in [-0.2, -0.15) is 0 Å². The second-order valence-electron chi connectivity index (χ2n) is 2.23. The number of hydrogen-bond acceptors (Lipinski definition) is 2. The van der Waals surface area contributed by atoms with Crippen molar-refractivity contribution < 1.29 is 18.9 Å². The van der Waals surface area contributed by atoms with E-state index in [0.717, 1.165) is 12.8 Å². The van der Waals surface area contributed by atoms with E-state index in [0.29, 0.717) is 5.92 Å². The average molecular weight is 152 g/mol. The van der Waals surface area contributed by atoms with Gasteiger partial charge in [0.15, 0.2) is 0 Å². The number of rotatable bonds is 3. The fourth-order valence-electron chi connectivity index (χ4n) is 0.487. The Morgan fingerprint density at radius 2 is 2.11 bits per heavy atom. The molecule has 1 saturated carbocycles. The molecule has 0 amide bonds. The van der Waals surface area contributed by atoms with E-state index in [1.807, 2.05) is 0 Å². The highest BCUT2D eigenvalue weighted by atomic mass is 31.2. The lowest BCUT2D eigenvalue weighted by Crippen LogP contribution is -1.92. The summed E-state index contributed by atoms with van der Waals surface area (Å²) < 4.78 is 14.3. The van der Waals surface area contributed by atoms with Crippen molar-refractivity contribution in [1.29, 1.82) is 0 Å². The minimum atomic E-state index is -4.18. The molecule has 0 aromatic heterocycles. The maximum absolute atomic E-state index is 10.0. The first-order chi connectivity index (χ1) is 4.08. The van der Waals surface area contributed by atoms with E-state index >= 15 is 0 Å². The zero-order chi connectivity index (χ0) is 6.91. The summed E-state index contributed by atoms with van der Waals surface area (Å²) in [5.74, 6) is 0.401. The third kappa shape index (κ3) is 3.65. The highest BCUT2D eigenvalue weighted by Gasteiger charge is 2.25. The van der Waals surface area contributed by atoms with Gasteiger partial charge >= 0.3 is 7.82 Å². The highest BCUT2D eigenvalue weighted by molar-refractivity contribution is 7.46. The molecule has 0 unspecified atom stereocenters. The van der Waals surface area contributed by atoms with Crippen molar-refractivity contribution in [2.24, 2.45) is 5.92 Å². The maximum atomic E-state index is 10.0. The van der Waals surface area contributed by atoms with Crippen LogP contribution >= 0.6 is 7.82 Å². The van der Waals surface area contributed by atoms with Crippen LogP contribution in [0.1, 0.15) is 12.8 Å². The standard InChI is InChI=1S/C4H9O4P/c5-9(6,7)8-3-4-1-2-4/h4H,1-3H2,(H2,5,6,7). The van der Waals surface area contributed by atoms with Crippen molar-refractivity contribution in [3.8, 4) is 0 Å². The van der Waals surface area contributed by atoms with Gasteiger partial charge in [-0.05, 0) is 18.8 Å². The maximum Gasteiger partial charge on any atom is 0.469 e. The molecule has 4 nitrogen and oxygen atoms in total. The quantitative estimate of drug-likeness (QED) is 0.578. The van der Waals surface area contributed by atoms with Gasteiger partial charge in [-0.1, -0.05) is 0 Å². The molecule has 2 N–H and O–H groups in total. The van der Waals surface area contributed by atoms with E-state index in [9.17, 15) is 4.57 Å². The second kappa shape index (κ2) is 2.39. The van der Waals surface area contributed by atoms with Crippen LogP contribution in [-0.4, -0.2) is 16.4 Å². The number of phosphoric acid groups is 1. The van der Waals surface area contributed by atoms with Crippen LogP contribution in [0.2, 0.25) is 0 Å². The van der Waals surface area contributed by atoms with Gasteiger partial charge in [-0.25, -0.2) is 4.57 Å². The molecular weight excluding hydrogens is 143 g/mol. The Bertz CT molecular complexity index is 136. The van der Waals surface area contributed by atoms with Gasteiger partial charge in [0.25, 0.3) is 0 Å². The SMILES string of the molecule is O=P(O)(O)OCC1CC1. The fraction of sp³-hybridized carbons (Fsp3) is 1.00. The average Bonchev–Trinajstić information content (AvgIpc) is 2.38. The molecular formula is C4H9O4P. The van der Waals surface area contributed by atoms with E-state index in [1.54, 1.807) is 0 Å². The van der Waals surface area contributed by atoms with Crippen LogP contribution in [0.4, 0.5) is 0 Å². The van der Waals surface area contributed by atoms with Gasteiger partial charge in [0.2, 0.25) is 0 Å². The molecule has 0 spiro atoms. The van der Waals surface area contributed by atoms with Crippen LogP contribution in [0, 0.1) is 5.92 Å². The fourth-order valence-corrected chi connectivity index (χ4v) is 0.892. The minimum absolute atomic E-state index is 0.213. The molecule has 0 radical (unpaired) electrons. The molecule has 0 aliphatic heterocycles. The van der Waals surface area contributed by atoms with E-state index in [2.05, 4.69) is 4.52 Å². The van der Waals surface area contributed by atoms with Crippen molar-refractivity contribution in [2.45, 2.75) is 12.8 Å². The van der Waals surface area contributed by atoms with Gasteiger partial charge < -0.3 is 9.79 Å². The van der Waals surface area contributed by atoms with E-state index in [-0.39, 0.29) is 6.61 Å². The van der Waals surface area contributed by atoms with Gasteiger partial charge in [0, 0.05) is 0 Å². The summed E-state index contributed by atoms with van der Waals surface area (Å²) in [6.07, 6.45) is 2.08. The summed E-state index contributed by atoms with van der Waals surface area (Å²) in [6, 6.07) is 0. The molecule has 5 heteroatoms. The van der Waals surface area contributed by atoms with Gasteiger partial charge in [-0.15, -0.1) is 0 Å². The highest BCUT2D eigenvalue weighted by Crippen LogP contribution is 2.40. The van der Waals surface area contributed by atoms with Crippen LogP contribution in [0.3, 0.4) is 0 Å². The molecule has 0 aromatic rings. The van der Waals surface area contributed by atoms with Gasteiger partial charge in [0.1, 0.15) is 0 Å². The van der Waals surface area contributed by atoms with Crippen LogP contribution < -0.4 is 0 Å². The van der Waals surface area contributed by atoms with E-state index in [1.165, 1.54) is 0 Å². The molecule has 1 rings (SSSR count). The predicted octanol–water partition coefficient (Wildman–Crippen LogP) is 0.506. The molecule has 0 aromatic carbocycles. The van der Waals surface area contributed by atoms with E-state index < -0.39 is 7.82 Å². The summed E-state index contributed by atoms with van der Waals surface area (Å²) >= 11 is 0. The zero-order valence-electron chi connectivity index (χ0n) is 4.86. The Morgan fingerprint density at radius 3 is 2.44 bits per heavy atom. The van der Waals surface area contributed by atoms with Crippen LogP contribution in [0.15, 0.2) is 0 Å². The normalized spacial score (nSPS) is 20.2. The number of hydrogen-bond donors (Lipinski definition) is 2. The summed E-state index contributed by atoms with van der Waals surface area (Å²) in [4.78, 5) is 16.4. The van der Waals surface area contributed by atoms with Crippen molar-refractivity contribution in [1.82, 2.24) is 0 Å². The van der Waals surface area contributed by atoms with Crippen molar-refractivity contribution in [2.75, 3.05) is 6.61 Å². The summed E-state index contributed by atoms with van der Waals surface area (Å²) in [5.41, 5.74) is 0. The topological polar surface area (TPSA) is 66.8 Å². The van der Waals surface area contributed by atoms with Crippen molar-refractivity contribution in [3.63, 3.8) is 0 Å². The lowest BCUT2D eigenvalue weighted by atomic mass is 10.5. The van der Waals surface area contributed by atoms with Crippen LogP contribution in [-0.2, 0) is 9.09 Å². The minimum Gasteiger partial charge on any atom is -0.303 e. The second-order valence-corrected chi connectivity index (χ2v) is 3.47. The van der Waals surface area contributed by atoms with Gasteiger partial charge in [0.05, 0.1) is 6.61 Å². The first-order valence-electron chi connectivity index (χ1n) is 2.78. The molecule has 0 saturated heterocycles. The van der Waals surface area contributed by atoms with Crippen molar-refractivity contribution >= 4 is 7.82 Å². The summed E-state index contributed by atoms with van der Waals surface area (Å²) in [6.45, 7) is 0.213. The Balaban J connectivity index is 2.10. The first-order valence-corrected chi connectivity index (χ1v) is 4.31. The molecule has 0 heterocycles. The molecule has 1 aliphatic rings. The molecule has 1 aliphatic carbocycles. The molecule has 9 heavy (non-hydrogen) atoms. The van der Waals surface area contributed by atoms with Crippen LogP contribution in [0.5, 0.6) is 0 Å². The summed E-state index contributed by atoms with van der Waals surface area (Å²) in [5, 5.41) is 0. The third-order valence-corrected chi connectivity index (χ3v) is 1.66. The number of phosphoric ester groups is 1. The Hall–Kier alpha value is 0.110. The predicted molar refractivity (Wildman–Crippen MR) is 30.7 cm³/mol. The molecule has 0 atom stereocenters. The summed E-state index contributed by atoms with van der Waals surface area (Å²) in [7, 11) is -4.18.